The molecule has 3 aromatic carbocycles. The van der Waals surface area contributed by atoms with E-state index < -0.39 is 28.5 Å². The van der Waals surface area contributed by atoms with Gasteiger partial charge >= 0.3 is 0 Å². The van der Waals surface area contributed by atoms with Crippen LogP contribution in [0.15, 0.2) is 77.7 Å². The lowest BCUT2D eigenvalue weighted by Gasteiger charge is -2.33. The molecule has 0 heterocycles. The number of nitrogens with zero attached hydrogens (tertiary/aromatic N) is 2. The van der Waals surface area contributed by atoms with E-state index in [0.29, 0.717) is 17.9 Å². The normalized spacial score (nSPS) is 12.1. The van der Waals surface area contributed by atoms with Crippen molar-refractivity contribution < 1.29 is 22.7 Å². The molecule has 40 heavy (non-hydrogen) atoms. The molecule has 0 unspecified atom stereocenters. The lowest BCUT2D eigenvalue weighted by atomic mass is 10.0. The second kappa shape index (κ2) is 13.5. The molecule has 8 nitrogen and oxygen atoms in total. The van der Waals surface area contributed by atoms with E-state index >= 15 is 0 Å². The summed E-state index contributed by atoms with van der Waals surface area (Å²) in [5.74, 6) is 0.0515. The number of hydrogen-bond acceptors (Lipinski definition) is 5. The number of sulfonamides is 1. The predicted octanol–water partition coefficient (Wildman–Crippen LogP) is 4.88. The second-order valence-corrected chi connectivity index (χ2v) is 11.8. The van der Waals surface area contributed by atoms with E-state index in [1.165, 1.54) is 24.1 Å². The molecule has 1 N–H and O–H groups in total. The van der Waals surface area contributed by atoms with Gasteiger partial charge in [0.25, 0.3) is 10.0 Å². The molecule has 0 spiro atoms. The van der Waals surface area contributed by atoms with Gasteiger partial charge in [0, 0.05) is 13.6 Å². The minimum Gasteiger partial charge on any atom is -0.497 e. The average molecular weight is 566 g/mol. The number of ether oxygens (including phenoxy) is 1. The van der Waals surface area contributed by atoms with Crippen molar-refractivity contribution in [3.8, 4) is 5.75 Å². The molecular formula is C31H39N3O5S. The maximum atomic E-state index is 14.0. The van der Waals surface area contributed by atoms with Crippen LogP contribution in [-0.2, 0) is 26.2 Å². The summed E-state index contributed by atoms with van der Waals surface area (Å²) in [5.41, 5.74) is 3.09. The summed E-state index contributed by atoms with van der Waals surface area (Å²) in [5, 5.41) is 2.63. The molecule has 0 radical (unpaired) electrons. The van der Waals surface area contributed by atoms with Crippen molar-refractivity contribution in [2.75, 3.05) is 25.0 Å². The van der Waals surface area contributed by atoms with Gasteiger partial charge in [0.15, 0.2) is 0 Å². The largest absolute Gasteiger partial charge is 0.497 e. The highest BCUT2D eigenvalue weighted by molar-refractivity contribution is 7.92. The third-order valence-corrected chi connectivity index (χ3v) is 8.64. The summed E-state index contributed by atoms with van der Waals surface area (Å²) in [6, 6.07) is 20.1. The molecule has 0 fully saturated rings. The molecule has 1 atom stereocenters. The van der Waals surface area contributed by atoms with E-state index in [2.05, 4.69) is 19.2 Å². The Morgan fingerprint density at radius 3 is 2.17 bits per heavy atom. The zero-order valence-electron chi connectivity index (χ0n) is 24.0. The molecular weight excluding hydrogens is 526 g/mol. The summed E-state index contributed by atoms with van der Waals surface area (Å²) >= 11 is 0. The van der Waals surface area contributed by atoms with Gasteiger partial charge in [-0.1, -0.05) is 62.7 Å². The van der Waals surface area contributed by atoms with Crippen molar-refractivity contribution in [1.29, 1.82) is 0 Å². The topological polar surface area (TPSA) is 96.0 Å². The van der Waals surface area contributed by atoms with Crippen molar-refractivity contribution in [1.82, 2.24) is 10.2 Å². The standard InChI is InChI=1S/C31H39N3O5S/c1-7-29(31(36)32-5)33(20-24-9-8-10-27(19-24)39-6)30(35)21-34(26-15-13-25(14-16-26)22(2)3)40(37,38)28-17-11-23(4)12-18-28/h8-19,22,29H,7,20-21H2,1-6H3,(H,32,36)/t29-/m1/s1. The Bertz CT molecular complexity index is 1400. The fraction of sp³-hybridized carbons (Fsp3) is 0.355. The molecule has 9 heteroatoms. The Kier molecular flexibility index (Phi) is 10.3. The van der Waals surface area contributed by atoms with Gasteiger partial charge in [-0.25, -0.2) is 8.42 Å². The van der Waals surface area contributed by atoms with Crippen LogP contribution in [0.3, 0.4) is 0 Å². The number of methoxy groups -OCH3 is 1. The molecule has 2 amide bonds. The highest BCUT2D eigenvalue weighted by Gasteiger charge is 2.33. The van der Waals surface area contributed by atoms with Crippen molar-refractivity contribution in [2.45, 2.75) is 57.5 Å². The molecule has 0 aliphatic rings. The molecule has 214 valence electrons. The zero-order valence-corrected chi connectivity index (χ0v) is 24.9. The van der Waals surface area contributed by atoms with Gasteiger partial charge in [-0.3, -0.25) is 13.9 Å². The molecule has 0 saturated heterocycles. The number of carbonyl (C=O) groups excluding carboxylic acids is 2. The number of nitrogens with one attached hydrogen (secondary N) is 1. The minimum absolute atomic E-state index is 0.0801. The van der Waals surface area contributed by atoms with Crippen LogP contribution in [0.4, 0.5) is 5.69 Å². The Labute approximate surface area is 238 Å². The van der Waals surface area contributed by atoms with Crippen LogP contribution in [-0.4, -0.2) is 51.9 Å². The van der Waals surface area contributed by atoms with Gasteiger partial charge in [-0.2, -0.15) is 0 Å². The molecule has 3 aromatic rings. The first kappa shape index (κ1) is 30.7. The number of anilines is 1. The van der Waals surface area contributed by atoms with Gasteiger partial charge < -0.3 is 15.0 Å². The Balaban J connectivity index is 2.07. The lowest BCUT2D eigenvalue weighted by Crippen LogP contribution is -2.51. The molecule has 3 rings (SSSR count). The minimum atomic E-state index is -4.11. The predicted molar refractivity (Wildman–Crippen MR) is 158 cm³/mol. The molecule has 0 bridgehead atoms. The smallest absolute Gasteiger partial charge is 0.264 e. The monoisotopic (exact) mass is 565 g/mol. The fourth-order valence-electron chi connectivity index (χ4n) is 4.45. The number of aryl methyl sites for hydroxylation is 1. The number of carbonyl (C=O) groups is 2. The second-order valence-electron chi connectivity index (χ2n) is 9.98. The lowest BCUT2D eigenvalue weighted by molar-refractivity contribution is -0.140. The van der Waals surface area contributed by atoms with Crippen LogP contribution in [0.2, 0.25) is 0 Å². The van der Waals surface area contributed by atoms with Gasteiger partial charge in [0.05, 0.1) is 17.7 Å². The number of amides is 2. The Morgan fingerprint density at radius 1 is 0.975 bits per heavy atom. The zero-order chi connectivity index (χ0) is 29.4. The number of rotatable bonds is 12. The average Bonchev–Trinajstić information content (AvgIpc) is 2.95. The maximum Gasteiger partial charge on any atom is 0.264 e. The first-order chi connectivity index (χ1) is 19.0. The summed E-state index contributed by atoms with van der Waals surface area (Å²) in [7, 11) is -1.04. The van der Waals surface area contributed by atoms with Crippen LogP contribution in [0.5, 0.6) is 5.75 Å². The van der Waals surface area contributed by atoms with E-state index in [0.717, 1.165) is 21.0 Å². The Hall–Kier alpha value is -3.85. The van der Waals surface area contributed by atoms with E-state index in [4.69, 9.17) is 4.74 Å². The fourth-order valence-corrected chi connectivity index (χ4v) is 5.86. The molecule has 0 aromatic heterocycles. The van der Waals surface area contributed by atoms with Crippen molar-refractivity contribution >= 4 is 27.5 Å². The summed E-state index contributed by atoms with van der Waals surface area (Å²) < 4.78 is 34.4. The van der Waals surface area contributed by atoms with Crippen molar-refractivity contribution in [3.63, 3.8) is 0 Å². The summed E-state index contributed by atoms with van der Waals surface area (Å²) in [4.78, 5) is 28.4. The molecule has 0 saturated carbocycles. The van der Waals surface area contributed by atoms with E-state index in [-0.39, 0.29) is 23.3 Å². The highest BCUT2D eigenvalue weighted by Crippen LogP contribution is 2.27. The third-order valence-electron chi connectivity index (χ3n) is 6.85. The first-order valence-electron chi connectivity index (χ1n) is 13.3. The number of benzene rings is 3. The van der Waals surface area contributed by atoms with E-state index in [1.54, 1.807) is 43.5 Å². The maximum absolute atomic E-state index is 14.0. The van der Waals surface area contributed by atoms with Crippen LogP contribution < -0.4 is 14.4 Å². The van der Waals surface area contributed by atoms with Crippen LogP contribution in [0, 0.1) is 6.92 Å². The van der Waals surface area contributed by atoms with Crippen LogP contribution >= 0.6 is 0 Å². The third kappa shape index (κ3) is 7.21. The summed E-state index contributed by atoms with van der Waals surface area (Å²) in [6.45, 7) is 7.43. The van der Waals surface area contributed by atoms with Crippen LogP contribution in [0.25, 0.3) is 0 Å². The van der Waals surface area contributed by atoms with E-state index in [1.807, 2.05) is 38.1 Å². The van der Waals surface area contributed by atoms with Gasteiger partial charge in [-0.05, 0) is 66.8 Å². The molecule has 0 aliphatic heterocycles. The SMILES string of the molecule is CC[C@H](C(=O)NC)N(Cc1cccc(OC)c1)C(=O)CN(c1ccc(C(C)C)cc1)S(=O)(=O)c1ccc(C)cc1. The van der Waals surface area contributed by atoms with Gasteiger partial charge in [-0.15, -0.1) is 0 Å². The van der Waals surface area contributed by atoms with Gasteiger partial charge in [0.2, 0.25) is 11.8 Å². The van der Waals surface area contributed by atoms with Crippen molar-refractivity contribution in [2.24, 2.45) is 0 Å². The highest BCUT2D eigenvalue weighted by atomic mass is 32.2. The Morgan fingerprint density at radius 2 is 1.62 bits per heavy atom. The quantitative estimate of drug-likeness (QED) is 0.338. The number of hydrogen-bond donors (Lipinski definition) is 1. The number of likely N-dealkylation sites (N-methyl/N-ethyl adjacent to an activating group) is 1. The van der Waals surface area contributed by atoms with E-state index in [9.17, 15) is 18.0 Å². The van der Waals surface area contributed by atoms with Gasteiger partial charge in [0.1, 0.15) is 18.3 Å². The van der Waals surface area contributed by atoms with Crippen molar-refractivity contribution in [3.05, 3.63) is 89.5 Å². The first-order valence-corrected chi connectivity index (χ1v) is 14.8. The molecule has 0 aliphatic carbocycles. The van der Waals surface area contributed by atoms with Crippen LogP contribution in [0.1, 0.15) is 49.8 Å². The summed E-state index contributed by atoms with van der Waals surface area (Å²) in [6.07, 6.45) is 0.350.